The molecule has 3 unspecified atom stereocenters. The molecule has 3 atom stereocenters. The lowest BCUT2D eigenvalue weighted by Gasteiger charge is -2.28. The molecular formula is C11H20. The SMILES string of the molecule is CC(C)(C)C1CC2CC2(C)C1. The van der Waals surface area contributed by atoms with E-state index in [-0.39, 0.29) is 0 Å². The molecule has 2 fully saturated rings. The maximum atomic E-state index is 2.48. The molecule has 0 heteroatoms. The summed E-state index contributed by atoms with van der Waals surface area (Å²) in [6, 6.07) is 0. The molecule has 0 saturated heterocycles. The van der Waals surface area contributed by atoms with E-state index in [0.717, 1.165) is 17.3 Å². The van der Waals surface area contributed by atoms with E-state index in [4.69, 9.17) is 0 Å². The van der Waals surface area contributed by atoms with Crippen molar-refractivity contribution < 1.29 is 0 Å². The molecule has 0 heterocycles. The van der Waals surface area contributed by atoms with Crippen LogP contribution in [0.1, 0.15) is 47.0 Å². The second kappa shape index (κ2) is 1.84. The van der Waals surface area contributed by atoms with Crippen LogP contribution in [-0.4, -0.2) is 0 Å². The van der Waals surface area contributed by atoms with Crippen LogP contribution in [-0.2, 0) is 0 Å². The Morgan fingerprint density at radius 2 is 1.82 bits per heavy atom. The van der Waals surface area contributed by atoms with Crippen molar-refractivity contribution >= 4 is 0 Å². The van der Waals surface area contributed by atoms with E-state index in [1.807, 2.05) is 0 Å². The largest absolute Gasteiger partial charge is 0.0599 e. The molecule has 0 radical (unpaired) electrons. The van der Waals surface area contributed by atoms with Gasteiger partial charge in [-0.25, -0.2) is 0 Å². The zero-order valence-electron chi connectivity index (χ0n) is 8.28. The summed E-state index contributed by atoms with van der Waals surface area (Å²) in [4.78, 5) is 0. The van der Waals surface area contributed by atoms with Crippen LogP contribution in [0.15, 0.2) is 0 Å². The Morgan fingerprint density at radius 1 is 1.18 bits per heavy atom. The third-order valence-corrected chi connectivity index (χ3v) is 4.04. The van der Waals surface area contributed by atoms with Gasteiger partial charge in [0.05, 0.1) is 0 Å². The van der Waals surface area contributed by atoms with Crippen LogP contribution in [0.5, 0.6) is 0 Å². The summed E-state index contributed by atoms with van der Waals surface area (Å²) >= 11 is 0. The predicted molar refractivity (Wildman–Crippen MR) is 48.4 cm³/mol. The Bertz CT molecular complexity index is 175. The topological polar surface area (TPSA) is 0 Å². The highest BCUT2D eigenvalue weighted by Crippen LogP contribution is 2.67. The molecule has 0 aromatic heterocycles. The van der Waals surface area contributed by atoms with Crippen LogP contribution in [0.2, 0.25) is 0 Å². The van der Waals surface area contributed by atoms with E-state index in [1.54, 1.807) is 0 Å². The monoisotopic (exact) mass is 152 g/mol. The number of hydrogen-bond acceptors (Lipinski definition) is 0. The van der Waals surface area contributed by atoms with Crippen LogP contribution in [0, 0.1) is 22.7 Å². The van der Waals surface area contributed by atoms with Gasteiger partial charge in [0.1, 0.15) is 0 Å². The molecule has 0 spiro atoms. The fourth-order valence-corrected chi connectivity index (χ4v) is 2.77. The van der Waals surface area contributed by atoms with Crippen molar-refractivity contribution in [3.63, 3.8) is 0 Å². The van der Waals surface area contributed by atoms with Crippen LogP contribution in [0.3, 0.4) is 0 Å². The summed E-state index contributed by atoms with van der Waals surface area (Å²) in [6.45, 7) is 9.66. The highest BCUT2D eigenvalue weighted by molar-refractivity contribution is 5.07. The van der Waals surface area contributed by atoms with Gasteiger partial charge < -0.3 is 0 Å². The molecule has 0 aromatic carbocycles. The van der Waals surface area contributed by atoms with E-state index in [1.165, 1.54) is 19.3 Å². The van der Waals surface area contributed by atoms with Gasteiger partial charge >= 0.3 is 0 Å². The Hall–Kier alpha value is 0. The quantitative estimate of drug-likeness (QED) is 0.498. The summed E-state index contributed by atoms with van der Waals surface area (Å²) in [7, 11) is 0. The first kappa shape index (κ1) is 7.64. The second-order valence-corrected chi connectivity index (χ2v) is 6.06. The minimum absolute atomic E-state index is 0.566. The van der Waals surface area contributed by atoms with Crippen LogP contribution < -0.4 is 0 Å². The van der Waals surface area contributed by atoms with Gasteiger partial charge in [0.2, 0.25) is 0 Å². The molecule has 64 valence electrons. The molecular weight excluding hydrogens is 132 g/mol. The molecule has 0 bridgehead atoms. The minimum Gasteiger partial charge on any atom is -0.0599 e. The van der Waals surface area contributed by atoms with Crippen molar-refractivity contribution in [2.75, 3.05) is 0 Å². The molecule has 0 aromatic rings. The fourth-order valence-electron chi connectivity index (χ4n) is 2.77. The van der Waals surface area contributed by atoms with Gasteiger partial charge in [-0.1, -0.05) is 27.7 Å². The first-order chi connectivity index (χ1) is 4.92. The summed E-state index contributed by atoms with van der Waals surface area (Å²) < 4.78 is 0. The van der Waals surface area contributed by atoms with Gasteiger partial charge in [-0.15, -0.1) is 0 Å². The van der Waals surface area contributed by atoms with Gasteiger partial charge in [0, 0.05) is 0 Å². The number of fused-ring (bicyclic) bond motifs is 1. The van der Waals surface area contributed by atoms with E-state index in [0.29, 0.717) is 5.41 Å². The lowest BCUT2D eigenvalue weighted by molar-refractivity contribution is 0.217. The number of hydrogen-bond donors (Lipinski definition) is 0. The molecule has 0 aliphatic heterocycles. The second-order valence-electron chi connectivity index (χ2n) is 6.06. The van der Waals surface area contributed by atoms with E-state index >= 15 is 0 Å². The Kier molecular flexibility index (Phi) is 1.28. The molecule has 2 aliphatic carbocycles. The van der Waals surface area contributed by atoms with Crippen molar-refractivity contribution in [2.45, 2.75) is 47.0 Å². The van der Waals surface area contributed by atoms with Crippen molar-refractivity contribution in [3.05, 3.63) is 0 Å². The molecule has 0 amide bonds. The zero-order valence-corrected chi connectivity index (χ0v) is 8.28. The summed E-state index contributed by atoms with van der Waals surface area (Å²) in [5.74, 6) is 2.11. The predicted octanol–water partition coefficient (Wildman–Crippen LogP) is 3.47. The fraction of sp³-hybridized carbons (Fsp3) is 1.00. The standard InChI is InChI=1S/C11H20/c1-10(2,3)8-5-9-7-11(9,4)6-8/h8-9H,5-7H2,1-4H3. The summed E-state index contributed by atoms with van der Waals surface area (Å²) in [5.41, 5.74) is 1.36. The average molecular weight is 152 g/mol. The van der Waals surface area contributed by atoms with Gasteiger partial charge in [-0.05, 0) is 41.9 Å². The average Bonchev–Trinajstić information content (AvgIpc) is 2.30. The maximum absolute atomic E-state index is 2.48. The molecule has 2 saturated carbocycles. The minimum atomic E-state index is 0.566. The highest BCUT2D eigenvalue weighted by Gasteiger charge is 2.58. The van der Waals surface area contributed by atoms with Gasteiger partial charge in [-0.2, -0.15) is 0 Å². The Balaban J connectivity index is 2.03. The lowest BCUT2D eigenvalue weighted by Crippen LogP contribution is -2.19. The molecule has 0 nitrogen and oxygen atoms in total. The van der Waals surface area contributed by atoms with Gasteiger partial charge in [0.25, 0.3) is 0 Å². The van der Waals surface area contributed by atoms with Gasteiger partial charge in [0.15, 0.2) is 0 Å². The molecule has 2 rings (SSSR count). The normalized spacial score (nSPS) is 49.1. The van der Waals surface area contributed by atoms with E-state index < -0.39 is 0 Å². The third-order valence-electron chi connectivity index (χ3n) is 4.04. The smallest absolute Gasteiger partial charge is 0.0292 e. The van der Waals surface area contributed by atoms with Crippen molar-refractivity contribution in [3.8, 4) is 0 Å². The van der Waals surface area contributed by atoms with Crippen molar-refractivity contribution in [2.24, 2.45) is 22.7 Å². The molecule has 2 aliphatic rings. The first-order valence-electron chi connectivity index (χ1n) is 4.92. The maximum Gasteiger partial charge on any atom is -0.0292 e. The van der Waals surface area contributed by atoms with Crippen molar-refractivity contribution in [1.29, 1.82) is 0 Å². The first-order valence-corrected chi connectivity index (χ1v) is 4.92. The lowest BCUT2D eigenvalue weighted by atomic mass is 9.77. The van der Waals surface area contributed by atoms with Crippen LogP contribution in [0.25, 0.3) is 0 Å². The third kappa shape index (κ3) is 1.11. The Labute approximate surface area is 70.4 Å². The molecule has 11 heavy (non-hydrogen) atoms. The summed E-state index contributed by atoms with van der Waals surface area (Å²) in [5, 5.41) is 0. The van der Waals surface area contributed by atoms with Crippen LogP contribution >= 0.6 is 0 Å². The number of rotatable bonds is 0. The highest BCUT2D eigenvalue weighted by atomic mass is 14.6. The summed E-state index contributed by atoms with van der Waals surface area (Å²) in [6.07, 6.45) is 4.54. The van der Waals surface area contributed by atoms with Gasteiger partial charge in [-0.3, -0.25) is 0 Å². The van der Waals surface area contributed by atoms with E-state index in [9.17, 15) is 0 Å². The Morgan fingerprint density at radius 3 is 2.09 bits per heavy atom. The molecule has 0 N–H and O–H groups in total. The van der Waals surface area contributed by atoms with Crippen LogP contribution in [0.4, 0.5) is 0 Å². The van der Waals surface area contributed by atoms with E-state index in [2.05, 4.69) is 27.7 Å². The van der Waals surface area contributed by atoms with Crippen molar-refractivity contribution in [1.82, 2.24) is 0 Å². The zero-order chi connectivity index (χ0) is 8.28.